The molecule has 0 aliphatic carbocycles. The molecule has 0 aromatic carbocycles. The molecule has 0 fully saturated rings. The molecule has 104 valence electrons. The van der Waals surface area contributed by atoms with Crippen molar-refractivity contribution in [1.29, 1.82) is 0 Å². The van der Waals surface area contributed by atoms with Gasteiger partial charge in [0.05, 0.1) is 5.69 Å². The Hall–Kier alpha value is -1.43. The van der Waals surface area contributed by atoms with Crippen LogP contribution in [0.25, 0.3) is 10.4 Å². The van der Waals surface area contributed by atoms with Gasteiger partial charge in [-0.2, -0.15) is 0 Å². The van der Waals surface area contributed by atoms with Crippen LogP contribution in [-0.4, -0.2) is 5.16 Å². The molecule has 0 amide bonds. The third-order valence-corrected chi connectivity index (χ3v) is 5.10. The van der Waals surface area contributed by atoms with Crippen LogP contribution >= 0.6 is 22.7 Å². The van der Waals surface area contributed by atoms with E-state index in [1.54, 1.807) is 22.7 Å². The van der Waals surface area contributed by atoms with Gasteiger partial charge in [0.25, 0.3) is 0 Å². The highest BCUT2D eigenvalue weighted by Gasteiger charge is 2.08. The summed E-state index contributed by atoms with van der Waals surface area (Å²) in [5.74, 6) is 0.903. The lowest BCUT2D eigenvalue weighted by molar-refractivity contribution is 0.392. The molecule has 0 saturated carbocycles. The van der Waals surface area contributed by atoms with Gasteiger partial charge in [-0.15, -0.1) is 22.7 Å². The summed E-state index contributed by atoms with van der Waals surface area (Å²) in [7, 11) is 0. The van der Waals surface area contributed by atoms with Gasteiger partial charge in [0, 0.05) is 34.0 Å². The van der Waals surface area contributed by atoms with Crippen molar-refractivity contribution in [3.63, 3.8) is 0 Å². The normalized spacial score (nSPS) is 11.1. The van der Waals surface area contributed by atoms with Crippen molar-refractivity contribution in [2.24, 2.45) is 0 Å². The van der Waals surface area contributed by atoms with Crippen LogP contribution in [0.2, 0.25) is 0 Å². The molecular weight excluding hydrogens is 288 g/mol. The van der Waals surface area contributed by atoms with Crippen molar-refractivity contribution < 1.29 is 4.52 Å². The van der Waals surface area contributed by atoms with Crippen LogP contribution in [0.3, 0.4) is 0 Å². The molecule has 5 heteroatoms. The maximum absolute atomic E-state index is 5.17. The second-order valence-electron chi connectivity index (χ2n) is 4.69. The lowest BCUT2D eigenvalue weighted by Crippen LogP contribution is -2.12. The number of aryl methyl sites for hydroxylation is 2. The Morgan fingerprint density at radius 1 is 1.25 bits per heavy atom. The van der Waals surface area contributed by atoms with Crippen LogP contribution in [-0.2, 0) is 13.1 Å². The molecule has 0 spiro atoms. The van der Waals surface area contributed by atoms with E-state index in [1.165, 1.54) is 20.9 Å². The van der Waals surface area contributed by atoms with Crippen molar-refractivity contribution in [2.45, 2.75) is 26.9 Å². The lowest BCUT2D eigenvalue weighted by atomic mass is 10.2. The molecule has 0 aliphatic heterocycles. The fraction of sp³-hybridized carbons (Fsp3) is 0.267. The summed E-state index contributed by atoms with van der Waals surface area (Å²) >= 11 is 3.58. The molecule has 0 radical (unpaired) electrons. The SMILES string of the molecule is Cc1noc(C)c1CNCc1cc(-c2cccs2)cs1. The molecule has 0 aliphatic rings. The van der Waals surface area contributed by atoms with Crippen LogP contribution < -0.4 is 5.32 Å². The van der Waals surface area contributed by atoms with Crippen molar-refractivity contribution in [3.8, 4) is 10.4 Å². The molecule has 3 aromatic heterocycles. The first-order chi connectivity index (χ1) is 9.74. The van der Waals surface area contributed by atoms with Gasteiger partial charge in [-0.05, 0) is 36.7 Å². The quantitative estimate of drug-likeness (QED) is 0.760. The Kier molecular flexibility index (Phi) is 4.00. The predicted octanol–water partition coefficient (Wildman–Crippen LogP) is 4.37. The molecule has 1 N–H and O–H groups in total. The zero-order valence-electron chi connectivity index (χ0n) is 11.5. The highest BCUT2D eigenvalue weighted by molar-refractivity contribution is 7.14. The number of aromatic nitrogens is 1. The van der Waals surface area contributed by atoms with Gasteiger partial charge in [0.2, 0.25) is 0 Å². The lowest BCUT2D eigenvalue weighted by Gasteiger charge is -2.02. The largest absolute Gasteiger partial charge is 0.361 e. The molecule has 0 saturated heterocycles. The highest BCUT2D eigenvalue weighted by atomic mass is 32.1. The van der Waals surface area contributed by atoms with Gasteiger partial charge < -0.3 is 9.84 Å². The van der Waals surface area contributed by atoms with E-state index in [0.29, 0.717) is 0 Å². The maximum Gasteiger partial charge on any atom is 0.138 e. The Bertz CT molecular complexity index is 663. The standard InChI is InChI=1S/C15H16N2OS2/c1-10-14(11(2)18-17-10)8-16-7-13-6-12(9-20-13)15-4-3-5-19-15/h3-6,9,16H,7-8H2,1-2H3. The van der Waals surface area contributed by atoms with E-state index in [0.717, 1.165) is 24.5 Å². The topological polar surface area (TPSA) is 38.1 Å². The van der Waals surface area contributed by atoms with Gasteiger partial charge in [-0.25, -0.2) is 0 Å². The van der Waals surface area contributed by atoms with Gasteiger partial charge in [-0.3, -0.25) is 0 Å². The van der Waals surface area contributed by atoms with Gasteiger partial charge in [-0.1, -0.05) is 11.2 Å². The Morgan fingerprint density at radius 3 is 2.85 bits per heavy atom. The smallest absolute Gasteiger partial charge is 0.138 e. The van der Waals surface area contributed by atoms with Crippen molar-refractivity contribution in [1.82, 2.24) is 10.5 Å². The minimum absolute atomic E-state index is 0.799. The fourth-order valence-electron chi connectivity index (χ4n) is 2.11. The van der Waals surface area contributed by atoms with Crippen LogP contribution in [0.15, 0.2) is 33.5 Å². The van der Waals surface area contributed by atoms with Crippen molar-refractivity contribution in [3.05, 3.63) is 50.9 Å². The predicted molar refractivity (Wildman–Crippen MR) is 84.2 cm³/mol. The summed E-state index contributed by atoms with van der Waals surface area (Å²) in [6.07, 6.45) is 0. The minimum atomic E-state index is 0.799. The van der Waals surface area contributed by atoms with Crippen molar-refractivity contribution >= 4 is 22.7 Å². The second-order valence-corrected chi connectivity index (χ2v) is 6.63. The molecule has 0 bridgehead atoms. The third-order valence-electron chi connectivity index (χ3n) is 3.24. The van der Waals surface area contributed by atoms with E-state index in [4.69, 9.17) is 4.52 Å². The van der Waals surface area contributed by atoms with E-state index in [9.17, 15) is 0 Å². The van der Waals surface area contributed by atoms with Crippen LogP contribution in [0.5, 0.6) is 0 Å². The first kappa shape index (κ1) is 13.5. The van der Waals surface area contributed by atoms with E-state index in [2.05, 4.69) is 39.4 Å². The zero-order valence-corrected chi connectivity index (χ0v) is 13.1. The molecule has 0 atom stereocenters. The highest BCUT2D eigenvalue weighted by Crippen LogP contribution is 2.29. The Labute approximate surface area is 126 Å². The molecule has 3 nitrogen and oxygen atoms in total. The average Bonchev–Trinajstić information content (AvgIpc) is 3.14. The van der Waals surface area contributed by atoms with Crippen LogP contribution in [0, 0.1) is 13.8 Å². The Balaban J connectivity index is 1.59. The number of hydrogen-bond acceptors (Lipinski definition) is 5. The van der Waals surface area contributed by atoms with E-state index in [-0.39, 0.29) is 0 Å². The molecule has 3 heterocycles. The van der Waals surface area contributed by atoms with E-state index < -0.39 is 0 Å². The average molecular weight is 304 g/mol. The molecule has 3 rings (SSSR count). The van der Waals surface area contributed by atoms with Crippen LogP contribution in [0.4, 0.5) is 0 Å². The number of thiophene rings is 2. The van der Waals surface area contributed by atoms with Crippen LogP contribution in [0.1, 0.15) is 21.9 Å². The van der Waals surface area contributed by atoms with Gasteiger partial charge >= 0.3 is 0 Å². The zero-order chi connectivity index (χ0) is 13.9. The number of nitrogens with zero attached hydrogens (tertiary/aromatic N) is 1. The minimum Gasteiger partial charge on any atom is -0.361 e. The number of rotatable bonds is 5. The Morgan fingerprint density at radius 2 is 2.15 bits per heavy atom. The first-order valence-electron chi connectivity index (χ1n) is 6.48. The monoisotopic (exact) mass is 304 g/mol. The number of hydrogen-bond donors (Lipinski definition) is 1. The third kappa shape index (κ3) is 2.85. The first-order valence-corrected chi connectivity index (χ1v) is 8.23. The molecule has 0 unspecified atom stereocenters. The molecule has 3 aromatic rings. The summed E-state index contributed by atoms with van der Waals surface area (Å²) in [4.78, 5) is 2.68. The summed E-state index contributed by atoms with van der Waals surface area (Å²) in [5.41, 5.74) is 3.46. The van der Waals surface area contributed by atoms with Crippen molar-refractivity contribution in [2.75, 3.05) is 0 Å². The fourth-order valence-corrected chi connectivity index (χ4v) is 3.75. The summed E-state index contributed by atoms with van der Waals surface area (Å²) in [6.45, 7) is 5.61. The number of nitrogens with one attached hydrogen (secondary N) is 1. The van der Waals surface area contributed by atoms with E-state index >= 15 is 0 Å². The van der Waals surface area contributed by atoms with E-state index in [1.807, 2.05) is 13.8 Å². The molecular formula is C15H16N2OS2. The van der Waals surface area contributed by atoms with Gasteiger partial charge in [0.15, 0.2) is 0 Å². The van der Waals surface area contributed by atoms with Gasteiger partial charge in [0.1, 0.15) is 5.76 Å². The molecule has 20 heavy (non-hydrogen) atoms. The summed E-state index contributed by atoms with van der Waals surface area (Å²) in [5, 5.41) is 11.8. The second kappa shape index (κ2) is 5.91. The maximum atomic E-state index is 5.17. The summed E-state index contributed by atoms with van der Waals surface area (Å²) < 4.78 is 5.17. The summed E-state index contributed by atoms with van der Waals surface area (Å²) in [6, 6.07) is 6.51.